The number of rotatable bonds is 12. The Kier molecular flexibility index (Phi) is 9.17. The van der Waals surface area contributed by atoms with Crippen LogP contribution in [-0.2, 0) is 31.9 Å². The van der Waals surface area contributed by atoms with E-state index < -0.39 is 17.0 Å². The van der Waals surface area contributed by atoms with Crippen molar-refractivity contribution in [3.8, 4) is 0 Å². The molecule has 172 valence electrons. The van der Waals surface area contributed by atoms with E-state index in [4.69, 9.17) is 20.9 Å². The third kappa shape index (κ3) is 7.04. The molecule has 32 heavy (non-hydrogen) atoms. The molecule has 0 heterocycles. The van der Waals surface area contributed by atoms with Crippen molar-refractivity contribution in [2.24, 2.45) is 11.5 Å². The molecule has 0 fully saturated rings. The first-order valence-electron chi connectivity index (χ1n) is 10.7. The molecule has 6 nitrogen and oxygen atoms in total. The van der Waals surface area contributed by atoms with Crippen LogP contribution in [0, 0.1) is 0 Å². The fourth-order valence-electron chi connectivity index (χ4n) is 4.02. The normalized spacial score (nSPS) is 14.6. The number of ether oxygens (including phenoxy) is 2. The summed E-state index contributed by atoms with van der Waals surface area (Å²) in [6, 6.07) is 19.5. The number of esters is 2. The molecular weight excluding hydrogens is 404 g/mol. The molecule has 0 saturated heterocycles. The lowest BCUT2D eigenvalue weighted by atomic mass is 9.69. The largest absolute Gasteiger partial charge is 0.469 e. The molecule has 0 amide bonds. The van der Waals surface area contributed by atoms with Crippen molar-refractivity contribution in [3.63, 3.8) is 0 Å². The van der Waals surface area contributed by atoms with E-state index in [1.807, 2.05) is 60.7 Å². The zero-order valence-electron chi connectivity index (χ0n) is 19.0. The standard InChI is InChI=1S/C26H34N2O4/c1-20(26(28,19-24(30)32-3)18-22-13-8-5-9-14-22)25(27,16-10-15-23(29)31-2)17-21-11-6-4-7-12-21/h4-9,11-14H,1,10,15-19,27-28H2,2-3H3/t25-,26-/m1/s1. The molecule has 6 heteroatoms. The quantitative estimate of drug-likeness (QED) is 0.389. The van der Waals surface area contributed by atoms with Crippen LogP contribution >= 0.6 is 0 Å². The molecule has 0 aromatic heterocycles. The summed E-state index contributed by atoms with van der Waals surface area (Å²) in [4.78, 5) is 24.0. The Morgan fingerprint density at radius 3 is 1.75 bits per heavy atom. The monoisotopic (exact) mass is 438 g/mol. The second-order valence-corrected chi connectivity index (χ2v) is 8.30. The van der Waals surface area contributed by atoms with E-state index in [0.717, 1.165) is 11.1 Å². The lowest BCUT2D eigenvalue weighted by molar-refractivity contribution is -0.142. The lowest BCUT2D eigenvalue weighted by Crippen LogP contribution is -2.57. The van der Waals surface area contributed by atoms with Crippen LogP contribution in [-0.4, -0.2) is 37.2 Å². The maximum Gasteiger partial charge on any atom is 0.307 e. The molecular formula is C26H34N2O4. The van der Waals surface area contributed by atoms with Crippen LogP contribution in [0.15, 0.2) is 72.8 Å². The predicted octanol–water partition coefficient (Wildman–Crippen LogP) is 3.33. The van der Waals surface area contributed by atoms with Gasteiger partial charge in [-0.3, -0.25) is 9.59 Å². The van der Waals surface area contributed by atoms with E-state index in [1.54, 1.807) is 0 Å². The Bertz CT molecular complexity index is 901. The van der Waals surface area contributed by atoms with Crippen LogP contribution in [0.1, 0.15) is 36.8 Å². The van der Waals surface area contributed by atoms with Gasteiger partial charge in [0.1, 0.15) is 0 Å². The number of hydrogen-bond donors (Lipinski definition) is 2. The fraction of sp³-hybridized carbons (Fsp3) is 0.385. The molecule has 0 spiro atoms. The number of carbonyl (C=O) groups is 2. The van der Waals surface area contributed by atoms with E-state index >= 15 is 0 Å². The minimum absolute atomic E-state index is 0.0536. The van der Waals surface area contributed by atoms with Crippen molar-refractivity contribution in [1.82, 2.24) is 0 Å². The summed E-state index contributed by atoms with van der Waals surface area (Å²) in [5.41, 5.74) is 14.3. The number of benzene rings is 2. The number of methoxy groups -OCH3 is 2. The molecule has 0 saturated carbocycles. The van der Waals surface area contributed by atoms with Gasteiger partial charge in [-0.05, 0) is 42.4 Å². The zero-order valence-corrected chi connectivity index (χ0v) is 19.0. The summed E-state index contributed by atoms with van der Waals surface area (Å²) in [7, 11) is 2.70. The van der Waals surface area contributed by atoms with Gasteiger partial charge in [-0.25, -0.2) is 0 Å². The topological polar surface area (TPSA) is 105 Å². The van der Waals surface area contributed by atoms with Gasteiger partial charge in [0.05, 0.1) is 26.2 Å². The van der Waals surface area contributed by atoms with Crippen LogP contribution in [0.5, 0.6) is 0 Å². The van der Waals surface area contributed by atoms with Gasteiger partial charge < -0.3 is 20.9 Å². The Balaban J connectivity index is 2.39. The van der Waals surface area contributed by atoms with Crippen molar-refractivity contribution in [2.45, 2.75) is 49.6 Å². The third-order valence-electron chi connectivity index (χ3n) is 5.85. The third-order valence-corrected chi connectivity index (χ3v) is 5.85. The highest BCUT2D eigenvalue weighted by molar-refractivity contribution is 5.72. The zero-order chi connectivity index (χ0) is 23.6. The summed E-state index contributed by atoms with van der Waals surface area (Å²) < 4.78 is 9.70. The first kappa shape index (κ1) is 25.3. The Morgan fingerprint density at radius 2 is 1.28 bits per heavy atom. The van der Waals surface area contributed by atoms with Crippen LogP contribution < -0.4 is 11.5 Å². The lowest BCUT2D eigenvalue weighted by Gasteiger charge is -2.42. The highest BCUT2D eigenvalue weighted by Crippen LogP contribution is 2.35. The van der Waals surface area contributed by atoms with Gasteiger partial charge in [-0.1, -0.05) is 67.2 Å². The number of hydrogen-bond acceptors (Lipinski definition) is 6. The van der Waals surface area contributed by atoms with E-state index in [0.29, 0.717) is 31.3 Å². The van der Waals surface area contributed by atoms with Gasteiger partial charge >= 0.3 is 11.9 Å². The van der Waals surface area contributed by atoms with E-state index in [2.05, 4.69) is 6.58 Å². The summed E-state index contributed by atoms with van der Waals surface area (Å²) in [6.45, 7) is 4.32. The van der Waals surface area contributed by atoms with Crippen molar-refractivity contribution < 1.29 is 19.1 Å². The van der Waals surface area contributed by atoms with Gasteiger partial charge in [0.2, 0.25) is 0 Å². The van der Waals surface area contributed by atoms with Crippen molar-refractivity contribution in [1.29, 1.82) is 0 Å². The molecule has 0 aliphatic rings. The van der Waals surface area contributed by atoms with Gasteiger partial charge in [-0.15, -0.1) is 0 Å². The summed E-state index contributed by atoms with van der Waals surface area (Å²) >= 11 is 0. The molecule has 0 bridgehead atoms. The van der Waals surface area contributed by atoms with Crippen LogP contribution in [0.4, 0.5) is 0 Å². The smallest absolute Gasteiger partial charge is 0.307 e. The van der Waals surface area contributed by atoms with Crippen molar-refractivity contribution >= 4 is 11.9 Å². The summed E-state index contributed by atoms with van der Waals surface area (Å²) in [6.07, 6.45) is 2.02. The molecule has 0 aliphatic carbocycles. The van der Waals surface area contributed by atoms with Crippen LogP contribution in [0.2, 0.25) is 0 Å². The van der Waals surface area contributed by atoms with Crippen molar-refractivity contribution in [3.05, 3.63) is 83.9 Å². The Morgan fingerprint density at radius 1 is 0.812 bits per heavy atom. The van der Waals surface area contributed by atoms with Gasteiger partial charge in [0, 0.05) is 12.0 Å². The molecule has 2 aromatic rings. The molecule has 4 N–H and O–H groups in total. The molecule has 0 radical (unpaired) electrons. The predicted molar refractivity (Wildman–Crippen MR) is 126 cm³/mol. The Labute approximate surface area is 190 Å². The minimum Gasteiger partial charge on any atom is -0.469 e. The summed E-state index contributed by atoms with van der Waals surface area (Å²) in [5.74, 6) is -0.725. The summed E-state index contributed by atoms with van der Waals surface area (Å²) in [5, 5.41) is 0. The molecule has 2 atom stereocenters. The van der Waals surface area contributed by atoms with E-state index in [1.165, 1.54) is 14.2 Å². The number of carbonyl (C=O) groups excluding carboxylic acids is 2. The van der Waals surface area contributed by atoms with Gasteiger partial charge in [0.25, 0.3) is 0 Å². The van der Waals surface area contributed by atoms with Crippen LogP contribution in [0.25, 0.3) is 0 Å². The SMILES string of the molecule is C=C([C@@](N)(CCCC(=O)OC)Cc1ccccc1)[C@](N)(CC(=O)OC)Cc1ccccc1. The Hall–Kier alpha value is -2.96. The molecule has 0 unspecified atom stereocenters. The first-order chi connectivity index (χ1) is 15.2. The average Bonchev–Trinajstić information content (AvgIpc) is 2.79. The van der Waals surface area contributed by atoms with Gasteiger partial charge in [0.15, 0.2) is 0 Å². The fourth-order valence-corrected chi connectivity index (χ4v) is 4.02. The second-order valence-electron chi connectivity index (χ2n) is 8.30. The number of nitrogens with two attached hydrogens (primary N) is 2. The average molecular weight is 439 g/mol. The highest BCUT2D eigenvalue weighted by Gasteiger charge is 2.42. The molecule has 2 rings (SSSR count). The van der Waals surface area contributed by atoms with E-state index in [9.17, 15) is 9.59 Å². The maximum atomic E-state index is 12.3. The first-order valence-corrected chi connectivity index (χ1v) is 10.7. The van der Waals surface area contributed by atoms with Crippen LogP contribution in [0.3, 0.4) is 0 Å². The molecule has 0 aliphatic heterocycles. The van der Waals surface area contributed by atoms with E-state index in [-0.39, 0.29) is 18.8 Å². The second kappa shape index (κ2) is 11.6. The molecule has 2 aromatic carbocycles. The maximum absolute atomic E-state index is 12.3. The minimum atomic E-state index is -1.12. The highest BCUT2D eigenvalue weighted by atomic mass is 16.5. The van der Waals surface area contributed by atoms with Crippen molar-refractivity contribution in [2.75, 3.05) is 14.2 Å². The van der Waals surface area contributed by atoms with Gasteiger partial charge in [-0.2, -0.15) is 0 Å².